The third-order valence-corrected chi connectivity index (χ3v) is 5.55. The van der Waals surface area contributed by atoms with E-state index in [0.717, 1.165) is 24.3 Å². The van der Waals surface area contributed by atoms with Gasteiger partial charge >= 0.3 is 0 Å². The largest absolute Gasteiger partial charge is 0.363 e. The summed E-state index contributed by atoms with van der Waals surface area (Å²) in [7, 11) is 0. The van der Waals surface area contributed by atoms with Crippen molar-refractivity contribution >= 4 is 17.5 Å². The molecule has 148 valence electrons. The Labute approximate surface area is 164 Å². The van der Waals surface area contributed by atoms with E-state index in [1.54, 1.807) is 15.9 Å². The van der Waals surface area contributed by atoms with Gasteiger partial charge in [0.25, 0.3) is 11.8 Å². The number of hydrogen-bond acceptors (Lipinski definition) is 5. The first-order valence-electron chi connectivity index (χ1n) is 9.84. The van der Waals surface area contributed by atoms with Crippen molar-refractivity contribution in [3.05, 3.63) is 47.9 Å². The molecule has 0 atom stereocenters. The summed E-state index contributed by atoms with van der Waals surface area (Å²) in [6.07, 6.45) is 3.10. The van der Waals surface area contributed by atoms with Crippen LogP contribution < -0.4 is 4.90 Å². The average Bonchev–Trinajstić information content (AvgIpc) is 3.20. The predicted molar refractivity (Wildman–Crippen MR) is 103 cm³/mol. The first kappa shape index (κ1) is 18.7. The zero-order valence-electron chi connectivity index (χ0n) is 16.1. The smallest absolute Gasteiger partial charge is 0.276 e. The third-order valence-electron chi connectivity index (χ3n) is 5.55. The maximum atomic E-state index is 12.7. The van der Waals surface area contributed by atoms with E-state index in [1.165, 1.54) is 0 Å². The van der Waals surface area contributed by atoms with Crippen molar-refractivity contribution < 1.29 is 18.8 Å². The number of hydrogen-bond donors (Lipinski definition) is 0. The summed E-state index contributed by atoms with van der Waals surface area (Å²) < 4.78 is 11.2. The summed E-state index contributed by atoms with van der Waals surface area (Å²) in [5, 5.41) is 3.93. The Bertz CT molecular complexity index is 840. The number of likely N-dealkylation sites (tertiary alicyclic amines) is 1. The lowest BCUT2D eigenvalue weighted by molar-refractivity contribution is -0.143. The number of aromatic nitrogens is 1. The highest BCUT2D eigenvalue weighted by molar-refractivity contribution is 5.95. The Morgan fingerprint density at radius 3 is 2.68 bits per heavy atom. The summed E-state index contributed by atoms with van der Waals surface area (Å²) in [5.74, 6) is 0.612. The van der Waals surface area contributed by atoms with Gasteiger partial charge in [0, 0.05) is 31.3 Å². The number of nitrogens with zero attached hydrogens (tertiary/aromatic N) is 3. The summed E-state index contributed by atoms with van der Waals surface area (Å²) in [5.41, 5.74) is 0.849. The third kappa shape index (κ3) is 3.67. The van der Waals surface area contributed by atoms with Crippen LogP contribution in [0.2, 0.25) is 0 Å². The van der Waals surface area contributed by atoms with Crippen molar-refractivity contribution in [3.8, 4) is 0 Å². The van der Waals surface area contributed by atoms with Gasteiger partial charge in [-0.15, -0.1) is 0 Å². The number of aryl methyl sites for hydroxylation is 1. The maximum absolute atomic E-state index is 12.7. The van der Waals surface area contributed by atoms with Gasteiger partial charge < -0.3 is 19.1 Å². The molecule has 2 saturated heterocycles. The number of ether oxygens (including phenoxy) is 1. The second-order valence-electron chi connectivity index (χ2n) is 7.51. The highest BCUT2D eigenvalue weighted by atomic mass is 16.5. The molecule has 28 heavy (non-hydrogen) atoms. The molecular weight excluding hydrogens is 358 g/mol. The average molecular weight is 383 g/mol. The van der Waals surface area contributed by atoms with Gasteiger partial charge in [-0.2, -0.15) is 0 Å². The van der Waals surface area contributed by atoms with E-state index in [2.05, 4.69) is 12.1 Å². The Kier molecular flexibility index (Phi) is 5.17. The van der Waals surface area contributed by atoms with Gasteiger partial charge in [-0.25, -0.2) is 0 Å². The molecule has 0 saturated carbocycles. The van der Waals surface area contributed by atoms with E-state index in [4.69, 9.17) is 9.26 Å². The fourth-order valence-corrected chi connectivity index (χ4v) is 3.92. The van der Waals surface area contributed by atoms with Crippen LogP contribution in [0.4, 0.5) is 5.69 Å². The Morgan fingerprint density at radius 1 is 1.21 bits per heavy atom. The van der Waals surface area contributed by atoms with Crippen LogP contribution in [-0.2, 0) is 16.0 Å². The lowest BCUT2D eigenvalue weighted by Gasteiger charge is -2.46. The fraction of sp³-hybridized carbons (Fsp3) is 0.476. The van der Waals surface area contributed by atoms with Crippen LogP contribution in [-0.4, -0.2) is 53.7 Å². The van der Waals surface area contributed by atoms with Crippen LogP contribution in [0.1, 0.15) is 42.4 Å². The topological polar surface area (TPSA) is 75.9 Å². The number of rotatable bonds is 4. The molecule has 2 aromatic rings. The lowest BCUT2D eigenvalue weighted by atomic mass is 9.89. The van der Waals surface area contributed by atoms with E-state index in [-0.39, 0.29) is 18.4 Å². The van der Waals surface area contributed by atoms with E-state index < -0.39 is 5.60 Å². The minimum absolute atomic E-state index is 0.0265. The predicted octanol–water partition coefficient (Wildman–Crippen LogP) is 2.67. The number of benzene rings is 1. The Hall–Kier alpha value is -2.67. The minimum Gasteiger partial charge on any atom is -0.363 e. The number of anilines is 1. The summed E-state index contributed by atoms with van der Waals surface area (Å²) in [4.78, 5) is 28.7. The first-order valence-corrected chi connectivity index (χ1v) is 9.84. The van der Waals surface area contributed by atoms with Crippen LogP contribution in [0.15, 0.2) is 40.9 Å². The number of carbonyl (C=O) groups is 2. The van der Waals surface area contributed by atoms with Crippen LogP contribution in [0.3, 0.4) is 0 Å². The van der Waals surface area contributed by atoms with Crippen molar-refractivity contribution in [1.82, 2.24) is 10.1 Å². The number of carbonyl (C=O) groups excluding carboxylic acids is 2. The van der Waals surface area contributed by atoms with Gasteiger partial charge in [-0.3, -0.25) is 9.59 Å². The van der Waals surface area contributed by atoms with Crippen LogP contribution in [0, 0.1) is 0 Å². The second-order valence-corrected chi connectivity index (χ2v) is 7.51. The molecule has 0 bridgehead atoms. The fourth-order valence-electron chi connectivity index (χ4n) is 3.92. The molecule has 1 spiro atoms. The maximum Gasteiger partial charge on any atom is 0.276 e. The molecule has 0 unspecified atom stereocenters. The van der Waals surface area contributed by atoms with Crippen molar-refractivity contribution in [2.75, 3.05) is 31.1 Å². The molecule has 2 aliphatic rings. The normalized spacial score (nSPS) is 19.2. The zero-order valence-corrected chi connectivity index (χ0v) is 16.1. The SMILES string of the molecule is CCCc1cc(C(=O)N2CCC3(CC2)CN(c2ccccc2)C(=O)CO3)no1. The Morgan fingerprint density at radius 2 is 1.96 bits per heavy atom. The molecule has 4 rings (SSSR count). The highest BCUT2D eigenvalue weighted by Crippen LogP contribution is 2.33. The van der Waals surface area contributed by atoms with Crippen molar-refractivity contribution in [2.24, 2.45) is 0 Å². The number of para-hydroxylation sites is 1. The molecule has 2 fully saturated rings. The van der Waals surface area contributed by atoms with Gasteiger partial charge in [0.05, 0.1) is 12.1 Å². The van der Waals surface area contributed by atoms with Crippen LogP contribution in [0.5, 0.6) is 0 Å². The molecule has 3 heterocycles. The van der Waals surface area contributed by atoms with Gasteiger partial charge in [0.1, 0.15) is 12.4 Å². The van der Waals surface area contributed by atoms with Crippen molar-refractivity contribution in [1.29, 1.82) is 0 Å². The molecule has 0 N–H and O–H groups in total. The number of amides is 2. The van der Waals surface area contributed by atoms with Gasteiger partial charge in [-0.1, -0.05) is 30.3 Å². The monoisotopic (exact) mass is 383 g/mol. The highest BCUT2D eigenvalue weighted by Gasteiger charge is 2.43. The summed E-state index contributed by atoms with van der Waals surface area (Å²) >= 11 is 0. The zero-order chi connectivity index (χ0) is 19.6. The van der Waals surface area contributed by atoms with Gasteiger partial charge in [0.2, 0.25) is 0 Å². The molecule has 1 aromatic carbocycles. The van der Waals surface area contributed by atoms with Crippen molar-refractivity contribution in [2.45, 2.75) is 38.2 Å². The lowest BCUT2D eigenvalue weighted by Crippen LogP contribution is -2.59. The first-order chi connectivity index (χ1) is 13.6. The van der Waals surface area contributed by atoms with E-state index in [9.17, 15) is 9.59 Å². The van der Waals surface area contributed by atoms with Crippen molar-refractivity contribution in [3.63, 3.8) is 0 Å². The number of piperidine rings is 1. The van der Waals surface area contributed by atoms with E-state index in [1.807, 2.05) is 30.3 Å². The van der Waals surface area contributed by atoms with E-state index in [0.29, 0.717) is 38.2 Å². The van der Waals surface area contributed by atoms with Crippen LogP contribution in [0.25, 0.3) is 0 Å². The molecule has 1 aromatic heterocycles. The number of morpholine rings is 1. The van der Waals surface area contributed by atoms with E-state index >= 15 is 0 Å². The molecular formula is C21H25N3O4. The standard InChI is InChI=1S/C21H25N3O4/c1-2-6-17-13-18(22-28-17)20(26)23-11-9-21(10-12-23)15-24(19(25)14-27-21)16-7-4-3-5-8-16/h3-5,7-8,13H,2,6,9-12,14-15H2,1H3. The molecule has 7 nitrogen and oxygen atoms in total. The van der Waals surface area contributed by atoms with Gasteiger partial charge in [-0.05, 0) is 31.4 Å². The molecule has 0 radical (unpaired) electrons. The molecule has 2 aliphatic heterocycles. The second kappa shape index (κ2) is 7.75. The molecule has 0 aliphatic carbocycles. The summed E-state index contributed by atoms with van der Waals surface area (Å²) in [6, 6.07) is 11.4. The quantitative estimate of drug-likeness (QED) is 0.811. The minimum atomic E-state index is -0.405. The van der Waals surface area contributed by atoms with Crippen LogP contribution >= 0.6 is 0 Å². The molecule has 7 heteroatoms. The Balaban J connectivity index is 1.41. The van der Waals surface area contributed by atoms with Gasteiger partial charge in [0.15, 0.2) is 5.69 Å². The summed E-state index contributed by atoms with van der Waals surface area (Å²) in [6.45, 7) is 3.80. The molecule has 2 amide bonds.